The van der Waals surface area contributed by atoms with E-state index in [0.717, 1.165) is 44.3 Å². The van der Waals surface area contributed by atoms with Crippen molar-refractivity contribution >= 4 is 21.8 Å². The van der Waals surface area contributed by atoms with E-state index in [1.807, 2.05) is 60.7 Å². The highest BCUT2D eigenvalue weighted by atomic mass is 16.5. The molecular formula is C29H22N4O2. The van der Waals surface area contributed by atoms with Crippen molar-refractivity contribution in [3.05, 3.63) is 110 Å². The van der Waals surface area contributed by atoms with Crippen LogP contribution in [0.2, 0.25) is 0 Å². The molecule has 6 rings (SSSR count). The number of phenolic OH excluding ortho intramolecular Hbond substituents is 1. The topological polar surface area (TPSA) is 81.0 Å². The Morgan fingerprint density at radius 2 is 1.11 bits per heavy atom. The largest absolute Gasteiger partial charge is 0.506 e. The van der Waals surface area contributed by atoms with Gasteiger partial charge in [0, 0.05) is 23.2 Å². The van der Waals surface area contributed by atoms with Gasteiger partial charge in [0.05, 0.1) is 7.11 Å². The average molecular weight is 459 g/mol. The normalized spacial score (nSPS) is 10.5. The molecule has 0 aliphatic rings. The maximum absolute atomic E-state index is 9.92. The third-order valence-electron chi connectivity index (χ3n) is 5.59. The summed E-state index contributed by atoms with van der Waals surface area (Å²) in [5.74, 6) is 0.956. The van der Waals surface area contributed by atoms with Gasteiger partial charge >= 0.3 is 0 Å². The molecular weight excluding hydrogens is 436 g/mol. The highest BCUT2D eigenvalue weighted by molar-refractivity contribution is 5.89. The number of benzene rings is 4. The predicted molar refractivity (Wildman–Crippen MR) is 138 cm³/mol. The fourth-order valence-corrected chi connectivity index (χ4v) is 3.91. The van der Waals surface area contributed by atoms with Crippen LogP contribution in [0.4, 0.5) is 0 Å². The smallest absolute Gasteiger partial charge is 0.145 e. The van der Waals surface area contributed by atoms with Gasteiger partial charge in [0.25, 0.3) is 0 Å². The van der Waals surface area contributed by atoms with E-state index in [-0.39, 0.29) is 5.75 Å². The Bertz CT molecular complexity index is 1590. The van der Waals surface area contributed by atoms with Crippen molar-refractivity contribution < 1.29 is 9.84 Å². The molecule has 4 aromatic carbocycles. The lowest BCUT2D eigenvalue weighted by molar-refractivity contribution is 0.419. The third-order valence-corrected chi connectivity index (χ3v) is 5.59. The molecule has 6 nitrogen and oxygen atoms in total. The van der Waals surface area contributed by atoms with Gasteiger partial charge in [-0.1, -0.05) is 60.7 Å². The lowest BCUT2D eigenvalue weighted by Gasteiger charge is -2.08. The van der Waals surface area contributed by atoms with Crippen molar-refractivity contribution in [2.75, 3.05) is 7.11 Å². The lowest BCUT2D eigenvalue weighted by Crippen LogP contribution is -1.90. The molecule has 0 radical (unpaired) electrons. The molecule has 0 atom stereocenters. The number of aromatic hydroxyl groups is 1. The zero-order valence-corrected chi connectivity index (χ0v) is 19.0. The summed E-state index contributed by atoms with van der Waals surface area (Å²) >= 11 is 0. The molecule has 1 N–H and O–H groups in total. The molecule has 0 amide bonds. The molecule has 170 valence electrons. The van der Waals surface area contributed by atoms with E-state index in [1.54, 1.807) is 25.6 Å². The summed E-state index contributed by atoms with van der Waals surface area (Å²) in [7, 11) is 1.66. The number of hydrogen-bond donors (Lipinski definition) is 1. The number of hydrogen-bond acceptors (Lipinski definition) is 6. The first-order chi connectivity index (χ1) is 17.2. The third kappa shape index (κ3) is 4.77. The summed E-state index contributed by atoms with van der Waals surface area (Å²) in [6.45, 7) is 0. The minimum Gasteiger partial charge on any atom is -0.506 e. The van der Waals surface area contributed by atoms with Crippen LogP contribution in [-0.2, 0) is 0 Å². The van der Waals surface area contributed by atoms with Crippen molar-refractivity contribution in [2.45, 2.75) is 0 Å². The van der Waals surface area contributed by atoms with Gasteiger partial charge in [-0.15, -0.1) is 0 Å². The quantitative estimate of drug-likeness (QED) is 0.335. The Labute approximate surface area is 202 Å². The van der Waals surface area contributed by atoms with Gasteiger partial charge in [0.1, 0.15) is 35.2 Å². The number of methoxy groups -OCH3 is 1. The minimum atomic E-state index is 0.184. The number of rotatable bonds is 3. The molecule has 6 aromatic rings. The minimum absolute atomic E-state index is 0.184. The van der Waals surface area contributed by atoms with E-state index in [0.29, 0.717) is 5.52 Å². The second-order valence-electron chi connectivity index (χ2n) is 7.83. The van der Waals surface area contributed by atoms with Crippen molar-refractivity contribution in [3.63, 3.8) is 0 Å². The van der Waals surface area contributed by atoms with Crippen LogP contribution in [0.5, 0.6) is 11.5 Å². The molecule has 0 aliphatic heterocycles. The first-order valence-corrected chi connectivity index (χ1v) is 11.0. The van der Waals surface area contributed by atoms with Gasteiger partial charge < -0.3 is 9.84 Å². The molecule has 35 heavy (non-hydrogen) atoms. The molecule has 0 bridgehead atoms. The van der Waals surface area contributed by atoms with Gasteiger partial charge in [-0.25, -0.2) is 19.9 Å². The highest BCUT2D eigenvalue weighted by Crippen LogP contribution is 2.31. The first kappa shape index (κ1) is 22.0. The summed E-state index contributed by atoms with van der Waals surface area (Å²) < 4.78 is 5.40. The van der Waals surface area contributed by atoms with E-state index >= 15 is 0 Å². The average Bonchev–Trinajstić information content (AvgIpc) is 2.94. The SMILES string of the molecule is COc1cc(-c2ccccc2)cc2cncnc12.Oc1cc(-c2ccccc2)cc2cncnc12. The van der Waals surface area contributed by atoms with Crippen LogP contribution in [-0.4, -0.2) is 32.2 Å². The Kier molecular flexibility index (Phi) is 6.26. The van der Waals surface area contributed by atoms with Gasteiger partial charge in [-0.05, 0) is 46.5 Å². The highest BCUT2D eigenvalue weighted by Gasteiger charge is 2.07. The van der Waals surface area contributed by atoms with E-state index in [4.69, 9.17) is 4.74 Å². The summed E-state index contributed by atoms with van der Waals surface area (Å²) in [5.41, 5.74) is 5.71. The molecule has 2 heterocycles. The second-order valence-corrected chi connectivity index (χ2v) is 7.83. The van der Waals surface area contributed by atoms with Crippen LogP contribution in [0, 0.1) is 0 Å². The fourth-order valence-electron chi connectivity index (χ4n) is 3.91. The van der Waals surface area contributed by atoms with Crippen molar-refractivity contribution in [1.82, 2.24) is 19.9 Å². The standard InChI is InChI=1S/C15H12N2O.C14H10N2O/c1-18-14-8-12(11-5-3-2-4-6-11)7-13-9-16-10-17-15(13)14;17-13-7-11(10-4-2-1-3-5-10)6-12-8-15-9-16-14(12)13/h2-10H,1H3;1-9,17H. The van der Waals surface area contributed by atoms with E-state index < -0.39 is 0 Å². The van der Waals surface area contributed by atoms with Crippen LogP contribution >= 0.6 is 0 Å². The molecule has 0 saturated heterocycles. The Morgan fingerprint density at radius 1 is 0.600 bits per heavy atom. The van der Waals surface area contributed by atoms with E-state index in [9.17, 15) is 5.11 Å². The summed E-state index contributed by atoms with van der Waals surface area (Å²) in [6.07, 6.45) is 6.48. The van der Waals surface area contributed by atoms with Crippen molar-refractivity contribution in [3.8, 4) is 33.8 Å². The van der Waals surface area contributed by atoms with Gasteiger partial charge in [-0.2, -0.15) is 0 Å². The molecule has 0 unspecified atom stereocenters. The molecule has 0 saturated carbocycles. The summed E-state index contributed by atoms with van der Waals surface area (Å²) in [5, 5.41) is 11.7. The zero-order valence-electron chi connectivity index (χ0n) is 19.0. The monoisotopic (exact) mass is 458 g/mol. The maximum Gasteiger partial charge on any atom is 0.145 e. The van der Waals surface area contributed by atoms with E-state index in [1.165, 1.54) is 12.7 Å². The van der Waals surface area contributed by atoms with Crippen molar-refractivity contribution in [2.24, 2.45) is 0 Å². The summed E-state index contributed by atoms with van der Waals surface area (Å²) in [4.78, 5) is 16.3. The van der Waals surface area contributed by atoms with Gasteiger partial charge in [0.2, 0.25) is 0 Å². The van der Waals surface area contributed by atoms with Crippen LogP contribution in [0.3, 0.4) is 0 Å². The number of phenols is 1. The van der Waals surface area contributed by atoms with Gasteiger partial charge in [0.15, 0.2) is 0 Å². The molecule has 0 aliphatic carbocycles. The maximum atomic E-state index is 9.92. The first-order valence-electron chi connectivity index (χ1n) is 11.0. The Morgan fingerprint density at radius 3 is 1.69 bits per heavy atom. The fraction of sp³-hybridized carbons (Fsp3) is 0.0345. The Balaban J connectivity index is 0.000000145. The van der Waals surface area contributed by atoms with E-state index in [2.05, 4.69) is 38.1 Å². The van der Waals surface area contributed by atoms with Crippen LogP contribution in [0.15, 0.2) is 110 Å². The van der Waals surface area contributed by atoms with Crippen LogP contribution in [0.25, 0.3) is 44.1 Å². The summed E-state index contributed by atoms with van der Waals surface area (Å²) in [6, 6.07) is 27.9. The predicted octanol–water partition coefficient (Wildman–Crippen LogP) is 6.31. The van der Waals surface area contributed by atoms with Crippen molar-refractivity contribution in [1.29, 1.82) is 0 Å². The van der Waals surface area contributed by atoms with Gasteiger partial charge in [-0.3, -0.25) is 0 Å². The lowest BCUT2D eigenvalue weighted by atomic mass is 10.0. The number of ether oxygens (including phenoxy) is 1. The van der Waals surface area contributed by atoms with Crippen LogP contribution < -0.4 is 4.74 Å². The molecule has 2 aromatic heterocycles. The Hall–Kier alpha value is -4.84. The zero-order chi connectivity index (χ0) is 24.0. The second kappa shape index (κ2) is 9.97. The molecule has 0 fully saturated rings. The number of fused-ring (bicyclic) bond motifs is 2. The molecule has 0 spiro atoms. The number of aromatic nitrogens is 4. The van der Waals surface area contributed by atoms with Crippen LogP contribution in [0.1, 0.15) is 0 Å². The molecule has 6 heteroatoms. The number of nitrogens with zero attached hydrogens (tertiary/aromatic N) is 4.